The van der Waals surface area contributed by atoms with E-state index in [1.54, 1.807) is 6.92 Å². The number of fused-ring (bicyclic) bond motifs is 1. The minimum Gasteiger partial charge on any atom is -0.481 e. The normalized spacial score (nSPS) is 38.1. The van der Waals surface area contributed by atoms with Crippen molar-refractivity contribution < 1.29 is 66.9 Å². The summed E-state index contributed by atoms with van der Waals surface area (Å²) in [4.78, 5) is 53.2. The summed E-state index contributed by atoms with van der Waals surface area (Å²) in [5.74, 6) is -5.56. The van der Waals surface area contributed by atoms with Gasteiger partial charge in [-0.3, -0.25) is 14.4 Å². The van der Waals surface area contributed by atoms with Crippen molar-refractivity contribution in [3.63, 3.8) is 0 Å². The van der Waals surface area contributed by atoms with E-state index in [2.05, 4.69) is 5.32 Å². The zero-order valence-electron chi connectivity index (χ0n) is 39.3. The number of carbonyl (C=O) groups is 3. The highest BCUT2D eigenvalue weighted by Crippen LogP contribution is 2.47. The number of halogens is 3. The highest BCUT2D eigenvalue weighted by atomic mass is 19.4. The lowest BCUT2D eigenvalue weighted by atomic mass is 9.74. The molecule has 3 saturated heterocycles. The van der Waals surface area contributed by atoms with Crippen molar-refractivity contribution in [2.24, 2.45) is 47.3 Å². The van der Waals surface area contributed by atoms with Gasteiger partial charge in [0, 0.05) is 29.2 Å². The zero-order chi connectivity index (χ0) is 47.5. The maximum Gasteiger partial charge on any atom is 0.416 e. The third-order valence-electron chi connectivity index (χ3n) is 15.3. The minimum absolute atomic E-state index is 0.0359. The molecule has 4 heterocycles. The number of aliphatic carboxylic acids is 1. The van der Waals surface area contributed by atoms with Crippen LogP contribution < -0.4 is 5.32 Å². The lowest BCUT2D eigenvalue weighted by Gasteiger charge is -2.46. The molecule has 1 aromatic carbocycles. The largest absolute Gasteiger partial charge is 0.481 e. The molecular formula is C49H74F3NO11. The molecule has 15 heteroatoms. The highest BCUT2D eigenvalue weighted by molar-refractivity contribution is 5.94. The number of aliphatic hydroxyl groups excluding tert-OH is 1. The van der Waals surface area contributed by atoms with E-state index in [0.29, 0.717) is 44.9 Å². The Morgan fingerprint density at radius 3 is 2.22 bits per heavy atom. The van der Waals surface area contributed by atoms with E-state index in [4.69, 9.17) is 24.0 Å². The van der Waals surface area contributed by atoms with Gasteiger partial charge in [0.25, 0.3) is 5.91 Å². The third kappa shape index (κ3) is 11.6. The van der Waals surface area contributed by atoms with Gasteiger partial charge in [-0.05, 0) is 108 Å². The standard InChI is InChI=1S/C49H74F3NO11/c1-11-34(45(57)58)38-20-18-27(5)42(61-38)30(8)40(54)29(7)41(55)35(12-2)43-28(6)23-26(4)17-19-37(53-44(56)32-15-14-16-33(24-32)49(50,51)52)36-25-47(10,62-46(36)64-63-43)39-21-22-48(59,13-3)31(9)60-39/h14-17,19,24,26-31,34-40,42-43,46,54,59H,11-13,18,20-23,25H2,1-10H3,(H,53,56)(H,57,58)/b19-17-/t26-,27-,28-,29-,30-,31-,34+,35?,36?,37-,38+,39+,40+,42+,43-,46?,47-,48+/m0/s1. The number of carboxylic acids is 1. The number of ether oxygens (including phenoxy) is 3. The number of carboxylic acid groups (broad SMARTS) is 1. The van der Waals surface area contributed by atoms with Crippen molar-refractivity contribution in [3.05, 3.63) is 47.5 Å². The lowest BCUT2D eigenvalue weighted by Crippen LogP contribution is -2.54. The highest BCUT2D eigenvalue weighted by Gasteiger charge is 2.56. The van der Waals surface area contributed by atoms with Gasteiger partial charge in [-0.1, -0.05) is 73.6 Å². The molecule has 0 radical (unpaired) electrons. The number of aliphatic hydroxyl groups is 2. The molecule has 3 unspecified atom stereocenters. The number of hydrogen-bond donors (Lipinski definition) is 4. The van der Waals surface area contributed by atoms with Crippen LogP contribution in [0.2, 0.25) is 0 Å². The number of ketones is 1. The van der Waals surface area contributed by atoms with E-state index in [1.165, 1.54) is 12.1 Å². The van der Waals surface area contributed by atoms with Crippen molar-refractivity contribution >= 4 is 17.7 Å². The number of Topliss-reactive ketones (excluding diaryl/α,β-unsaturated/α-hetero) is 1. The fraction of sp³-hybridized carbons (Fsp3) is 0.776. The Labute approximate surface area is 377 Å². The average molecular weight is 910 g/mol. The molecule has 4 aliphatic rings. The van der Waals surface area contributed by atoms with E-state index in [9.17, 15) is 42.9 Å². The number of amides is 1. The maximum atomic E-state index is 14.7. The molecule has 1 aromatic rings. The Morgan fingerprint density at radius 2 is 1.61 bits per heavy atom. The summed E-state index contributed by atoms with van der Waals surface area (Å²) in [6, 6.07) is 3.45. The molecule has 3 fully saturated rings. The molecule has 0 bridgehead atoms. The molecule has 0 saturated carbocycles. The summed E-state index contributed by atoms with van der Waals surface area (Å²) in [5.41, 5.74) is -3.14. The Balaban J connectivity index is 1.42. The molecule has 64 heavy (non-hydrogen) atoms. The van der Waals surface area contributed by atoms with Crippen LogP contribution in [0.15, 0.2) is 36.4 Å². The van der Waals surface area contributed by atoms with Crippen LogP contribution >= 0.6 is 0 Å². The Kier molecular flexibility index (Phi) is 17.4. The Bertz CT molecular complexity index is 1780. The van der Waals surface area contributed by atoms with Crippen LogP contribution in [0.4, 0.5) is 13.2 Å². The fourth-order valence-electron chi connectivity index (χ4n) is 10.9. The van der Waals surface area contributed by atoms with Gasteiger partial charge in [-0.15, -0.1) is 0 Å². The summed E-state index contributed by atoms with van der Waals surface area (Å²) < 4.78 is 60.7. The van der Waals surface area contributed by atoms with Gasteiger partial charge in [-0.25, -0.2) is 9.78 Å². The number of alkyl halides is 3. The maximum absolute atomic E-state index is 14.7. The molecule has 0 spiro atoms. The number of carbonyl (C=O) groups excluding carboxylic acids is 2. The van der Waals surface area contributed by atoms with Crippen LogP contribution in [0, 0.1) is 47.3 Å². The first kappa shape index (κ1) is 52.1. The number of nitrogens with one attached hydrogen (secondary N) is 1. The van der Waals surface area contributed by atoms with Crippen molar-refractivity contribution in [2.75, 3.05) is 0 Å². The van der Waals surface area contributed by atoms with Gasteiger partial charge in [0.15, 0.2) is 6.29 Å². The molecule has 0 aromatic heterocycles. The van der Waals surface area contributed by atoms with Gasteiger partial charge >= 0.3 is 12.1 Å². The number of hydrogen-bond acceptors (Lipinski definition) is 10. The average Bonchev–Trinajstić information content (AvgIpc) is 3.59. The predicted molar refractivity (Wildman–Crippen MR) is 233 cm³/mol. The van der Waals surface area contributed by atoms with E-state index >= 15 is 0 Å². The van der Waals surface area contributed by atoms with Crippen LogP contribution in [0.25, 0.3) is 0 Å². The van der Waals surface area contributed by atoms with Crippen LogP contribution in [0.3, 0.4) is 0 Å². The smallest absolute Gasteiger partial charge is 0.416 e. The first-order valence-electron chi connectivity index (χ1n) is 23.6. The number of allylic oxidation sites excluding steroid dienone is 1. The van der Waals surface area contributed by atoms with Gasteiger partial charge in [0.1, 0.15) is 11.9 Å². The zero-order valence-corrected chi connectivity index (χ0v) is 39.3. The van der Waals surface area contributed by atoms with Gasteiger partial charge in [-0.2, -0.15) is 13.2 Å². The van der Waals surface area contributed by atoms with E-state index in [1.807, 2.05) is 74.5 Å². The van der Waals surface area contributed by atoms with Crippen LogP contribution in [0.5, 0.6) is 0 Å². The summed E-state index contributed by atoms with van der Waals surface area (Å²) >= 11 is 0. The Morgan fingerprint density at radius 1 is 0.922 bits per heavy atom. The van der Waals surface area contributed by atoms with Crippen molar-refractivity contribution in [1.82, 2.24) is 5.32 Å². The van der Waals surface area contributed by atoms with Crippen molar-refractivity contribution in [2.45, 2.75) is 193 Å². The van der Waals surface area contributed by atoms with Gasteiger partial charge < -0.3 is 34.8 Å². The molecule has 0 aliphatic carbocycles. The second-order valence-electron chi connectivity index (χ2n) is 19.8. The SMILES string of the molecule is CCC(C(=O)[C@@H](C)[C@@H](O)[C@H](C)[C@@H]1O[C@@H]([C@@H](CC)C(=O)O)CC[C@@H]1C)[C@H]1OOC2O[C@](C)([C@H]3CC[C@](O)(CC)[C@H](C)O3)CC2[C@@H](NC(=O)c2cccc(C(F)(F)F)c2)/C=C\[C@H](C)C[C@@H]1C. The fourth-order valence-corrected chi connectivity index (χ4v) is 10.9. The summed E-state index contributed by atoms with van der Waals surface area (Å²) in [7, 11) is 0. The first-order chi connectivity index (χ1) is 30.0. The van der Waals surface area contributed by atoms with Gasteiger partial charge in [0.05, 0.1) is 59.2 Å². The molecule has 362 valence electrons. The molecular weight excluding hydrogens is 836 g/mol. The molecule has 5 rings (SSSR count). The van der Waals surface area contributed by atoms with E-state index in [-0.39, 0.29) is 35.5 Å². The van der Waals surface area contributed by atoms with E-state index in [0.717, 1.165) is 18.6 Å². The molecule has 4 aliphatic heterocycles. The van der Waals surface area contributed by atoms with Crippen LogP contribution in [-0.2, 0) is 39.8 Å². The molecule has 4 N–H and O–H groups in total. The summed E-state index contributed by atoms with van der Waals surface area (Å²) in [6.45, 7) is 18.9. The second-order valence-corrected chi connectivity index (χ2v) is 19.8. The van der Waals surface area contributed by atoms with Gasteiger partial charge in [0.2, 0.25) is 0 Å². The lowest BCUT2D eigenvalue weighted by molar-refractivity contribution is -0.419. The number of benzene rings is 1. The summed E-state index contributed by atoms with van der Waals surface area (Å²) in [5, 5.41) is 35.9. The topological polar surface area (TPSA) is 170 Å². The predicted octanol–water partition coefficient (Wildman–Crippen LogP) is 8.71. The summed E-state index contributed by atoms with van der Waals surface area (Å²) in [6.07, 6.45) is -1.50. The van der Waals surface area contributed by atoms with Crippen LogP contribution in [0.1, 0.15) is 143 Å². The Hall–Kier alpha value is -2.92. The quantitative estimate of drug-likeness (QED) is 0.104. The third-order valence-corrected chi connectivity index (χ3v) is 15.3. The monoisotopic (exact) mass is 910 g/mol. The van der Waals surface area contributed by atoms with Crippen molar-refractivity contribution in [3.8, 4) is 0 Å². The molecule has 18 atom stereocenters. The van der Waals surface area contributed by atoms with E-state index < -0.39 is 113 Å². The van der Waals surface area contributed by atoms with Crippen LogP contribution in [-0.4, -0.2) is 93.1 Å². The van der Waals surface area contributed by atoms with Crippen molar-refractivity contribution in [1.29, 1.82) is 0 Å². The minimum atomic E-state index is -4.65. The first-order valence-corrected chi connectivity index (χ1v) is 23.6. The second kappa shape index (κ2) is 21.4. The number of rotatable bonds is 14. The molecule has 12 nitrogen and oxygen atoms in total. The molecule has 1 amide bonds.